The Hall–Kier alpha value is -2.23. The van der Waals surface area contributed by atoms with E-state index in [1.807, 2.05) is 13.8 Å². The van der Waals surface area contributed by atoms with E-state index in [9.17, 15) is 9.18 Å². The summed E-state index contributed by atoms with van der Waals surface area (Å²) >= 11 is 0. The molecule has 19 heavy (non-hydrogen) atoms. The lowest BCUT2D eigenvalue weighted by Crippen LogP contribution is -2.30. The number of benzene rings is 1. The van der Waals surface area contributed by atoms with Crippen LogP contribution in [0.4, 0.5) is 4.39 Å². The summed E-state index contributed by atoms with van der Waals surface area (Å²) in [5.74, 6) is -0.447. The Morgan fingerprint density at radius 2 is 1.84 bits per heavy atom. The Kier molecular flexibility index (Phi) is 3.90. The summed E-state index contributed by atoms with van der Waals surface area (Å²) in [6.45, 7) is 3.80. The monoisotopic (exact) mass is 258 g/mol. The zero-order valence-electron chi connectivity index (χ0n) is 10.9. The maximum absolute atomic E-state index is 12.9. The van der Waals surface area contributed by atoms with Crippen molar-refractivity contribution in [1.29, 1.82) is 0 Å². The third-order valence-corrected chi connectivity index (χ3v) is 2.60. The van der Waals surface area contributed by atoms with Gasteiger partial charge in [0.1, 0.15) is 5.82 Å². The molecule has 1 amide bonds. The summed E-state index contributed by atoms with van der Waals surface area (Å²) in [6.07, 6.45) is 3.17. The Morgan fingerprint density at radius 1 is 1.16 bits per heavy atom. The maximum atomic E-state index is 12.9. The van der Waals surface area contributed by atoms with Gasteiger partial charge in [0, 0.05) is 24.0 Å². The van der Waals surface area contributed by atoms with E-state index >= 15 is 0 Å². The van der Waals surface area contributed by atoms with Crippen LogP contribution in [0.25, 0.3) is 11.1 Å². The largest absolute Gasteiger partial charge is 0.350 e. The van der Waals surface area contributed by atoms with Crippen LogP contribution in [-0.2, 0) is 0 Å². The number of carbonyl (C=O) groups excluding carboxylic acids is 1. The highest BCUT2D eigenvalue weighted by Crippen LogP contribution is 2.19. The second-order valence-electron chi connectivity index (χ2n) is 4.60. The lowest BCUT2D eigenvalue weighted by molar-refractivity contribution is 0.0943. The fraction of sp³-hybridized carbons (Fsp3) is 0.200. The van der Waals surface area contributed by atoms with Gasteiger partial charge in [0.2, 0.25) is 0 Å². The van der Waals surface area contributed by atoms with Gasteiger partial charge in [0.25, 0.3) is 5.91 Å². The number of halogens is 1. The fourth-order valence-corrected chi connectivity index (χ4v) is 1.71. The number of nitrogens with zero attached hydrogens (tertiary/aromatic N) is 1. The molecule has 0 bridgehead atoms. The standard InChI is InChI=1S/C15H15FN2O/c1-10(2)18-15(19)13-7-12(8-17-9-13)11-3-5-14(16)6-4-11/h3-10H,1-2H3,(H,18,19). The van der Waals surface area contributed by atoms with Crippen LogP contribution in [0.2, 0.25) is 0 Å². The molecule has 2 aromatic rings. The molecule has 0 fully saturated rings. The van der Waals surface area contributed by atoms with E-state index in [0.717, 1.165) is 11.1 Å². The minimum atomic E-state index is -0.287. The summed E-state index contributed by atoms with van der Waals surface area (Å²) in [7, 11) is 0. The normalized spacial score (nSPS) is 10.5. The summed E-state index contributed by atoms with van der Waals surface area (Å²) in [4.78, 5) is 15.9. The highest BCUT2D eigenvalue weighted by molar-refractivity contribution is 5.95. The van der Waals surface area contributed by atoms with Crippen LogP contribution in [0.1, 0.15) is 24.2 Å². The highest BCUT2D eigenvalue weighted by atomic mass is 19.1. The minimum absolute atomic E-state index is 0.0713. The molecule has 0 atom stereocenters. The number of amides is 1. The summed E-state index contributed by atoms with van der Waals surface area (Å²) < 4.78 is 12.9. The van der Waals surface area contributed by atoms with Crippen molar-refractivity contribution in [3.63, 3.8) is 0 Å². The van der Waals surface area contributed by atoms with Crippen LogP contribution < -0.4 is 5.32 Å². The molecule has 0 radical (unpaired) electrons. The van der Waals surface area contributed by atoms with Crippen LogP contribution in [0.15, 0.2) is 42.7 Å². The number of carbonyl (C=O) groups is 1. The fourth-order valence-electron chi connectivity index (χ4n) is 1.71. The molecule has 0 unspecified atom stereocenters. The van der Waals surface area contributed by atoms with Gasteiger partial charge in [-0.25, -0.2) is 4.39 Å². The first-order valence-corrected chi connectivity index (χ1v) is 6.08. The predicted molar refractivity (Wildman–Crippen MR) is 72.2 cm³/mol. The van der Waals surface area contributed by atoms with Gasteiger partial charge in [-0.15, -0.1) is 0 Å². The Morgan fingerprint density at radius 3 is 2.47 bits per heavy atom. The molecule has 4 heteroatoms. The number of rotatable bonds is 3. The van der Waals surface area contributed by atoms with E-state index in [0.29, 0.717) is 5.56 Å². The van der Waals surface area contributed by atoms with Crippen molar-refractivity contribution < 1.29 is 9.18 Å². The van der Waals surface area contributed by atoms with Crippen LogP contribution >= 0.6 is 0 Å². The van der Waals surface area contributed by atoms with Gasteiger partial charge in [0.05, 0.1) is 5.56 Å². The van der Waals surface area contributed by atoms with Crippen molar-refractivity contribution in [2.45, 2.75) is 19.9 Å². The highest BCUT2D eigenvalue weighted by Gasteiger charge is 2.08. The summed E-state index contributed by atoms with van der Waals surface area (Å²) in [5.41, 5.74) is 2.11. The van der Waals surface area contributed by atoms with Crippen LogP contribution in [0.5, 0.6) is 0 Å². The van der Waals surface area contributed by atoms with Gasteiger partial charge in [0.15, 0.2) is 0 Å². The molecule has 1 aromatic carbocycles. The van der Waals surface area contributed by atoms with Crippen LogP contribution in [-0.4, -0.2) is 16.9 Å². The lowest BCUT2D eigenvalue weighted by atomic mass is 10.1. The van der Waals surface area contributed by atoms with Crippen molar-refractivity contribution >= 4 is 5.91 Å². The molecule has 0 aliphatic heterocycles. The van der Waals surface area contributed by atoms with E-state index in [1.165, 1.54) is 18.3 Å². The van der Waals surface area contributed by atoms with Gasteiger partial charge in [-0.2, -0.15) is 0 Å². The Balaban J connectivity index is 2.29. The van der Waals surface area contributed by atoms with Gasteiger partial charge < -0.3 is 5.32 Å². The van der Waals surface area contributed by atoms with Crippen molar-refractivity contribution in [3.05, 3.63) is 54.1 Å². The quantitative estimate of drug-likeness (QED) is 0.919. The molecule has 0 saturated carbocycles. The molecule has 0 aliphatic rings. The van der Waals surface area contributed by atoms with E-state index in [2.05, 4.69) is 10.3 Å². The molecule has 1 N–H and O–H groups in total. The average Bonchev–Trinajstić information content (AvgIpc) is 2.39. The molecule has 3 nitrogen and oxygen atoms in total. The minimum Gasteiger partial charge on any atom is -0.350 e. The number of pyridine rings is 1. The van der Waals surface area contributed by atoms with E-state index < -0.39 is 0 Å². The molecule has 0 saturated heterocycles. The SMILES string of the molecule is CC(C)NC(=O)c1cncc(-c2ccc(F)cc2)c1. The number of hydrogen-bond acceptors (Lipinski definition) is 2. The first kappa shape index (κ1) is 13.2. The first-order valence-electron chi connectivity index (χ1n) is 6.08. The third-order valence-electron chi connectivity index (χ3n) is 2.60. The summed E-state index contributed by atoms with van der Waals surface area (Å²) in [6, 6.07) is 7.92. The first-order chi connectivity index (χ1) is 9.06. The number of hydrogen-bond donors (Lipinski definition) is 1. The van der Waals surface area contributed by atoms with Crippen LogP contribution in [0, 0.1) is 5.82 Å². The zero-order valence-corrected chi connectivity index (χ0v) is 10.9. The van der Waals surface area contributed by atoms with Gasteiger partial charge >= 0.3 is 0 Å². The third kappa shape index (κ3) is 3.37. The topological polar surface area (TPSA) is 42.0 Å². The van der Waals surface area contributed by atoms with Crippen molar-refractivity contribution in [3.8, 4) is 11.1 Å². The molecular weight excluding hydrogens is 243 g/mol. The van der Waals surface area contributed by atoms with E-state index in [-0.39, 0.29) is 17.8 Å². The Labute approximate surface area is 111 Å². The molecular formula is C15H15FN2O. The van der Waals surface area contributed by atoms with Crippen molar-refractivity contribution in [2.24, 2.45) is 0 Å². The van der Waals surface area contributed by atoms with Gasteiger partial charge in [-0.3, -0.25) is 9.78 Å². The summed E-state index contributed by atoms with van der Waals surface area (Å²) in [5, 5.41) is 2.81. The van der Waals surface area contributed by atoms with Gasteiger partial charge in [-0.05, 0) is 37.6 Å². The average molecular weight is 258 g/mol. The maximum Gasteiger partial charge on any atom is 0.253 e. The Bertz CT molecular complexity index is 579. The molecule has 0 spiro atoms. The van der Waals surface area contributed by atoms with E-state index in [1.54, 1.807) is 24.4 Å². The molecule has 2 rings (SSSR count). The molecule has 1 aromatic heterocycles. The van der Waals surface area contributed by atoms with Crippen molar-refractivity contribution in [1.82, 2.24) is 10.3 Å². The van der Waals surface area contributed by atoms with Gasteiger partial charge in [-0.1, -0.05) is 12.1 Å². The molecule has 1 heterocycles. The number of nitrogens with one attached hydrogen (secondary N) is 1. The number of aromatic nitrogens is 1. The van der Waals surface area contributed by atoms with Crippen LogP contribution in [0.3, 0.4) is 0 Å². The molecule has 0 aliphatic carbocycles. The lowest BCUT2D eigenvalue weighted by Gasteiger charge is -2.09. The second kappa shape index (κ2) is 5.61. The van der Waals surface area contributed by atoms with E-state index in [4.69, 9.17) is 0 Å². The van der Waals surface area contributed by atoms with Crippen molar-refractivity contribution in [2.75, 3.05) is 0 Å². The zero-order chi connectivity index (χ0) is 13.8. The smallest absolute Gasteiger partial charge is 0.253 e. The second-order valence-corrected chi connectivity index (χ2v) is 4.60. The molecule has 98 valence electrons. The predicted octanol–water partition coefficient (Wildman–Crippen LogP) is 3.03.